The van der Waals surface area contributed by atoms with E-state index in [1.807, 2.05) is 30.6 Å². The van der Waals surface area contributed by atoms with Gasteiger partial charge in [0.1, 0.15) is 11.6 Å². The lowest BCUT2D eigenvalue weighted by Crippen LogP contribution is -1.98. The molecule has 0 saturated carbocycles. The number of H-pyrrole nitrogens is 1. The smallest absolute Gasteiger partial charge is 0.128 e. The normalized spacial score (nSPS) is 11.0. The summed E-state index contributed by atoms with van der Waals surface area (Å²) in [7, 11) is 0. The Labute approximate surface area is 138 Å². The predicted octanol–water partition coefficient (Wildman–Crippen LogP) is 3.94. The number of aromatic nitrogens is 4. The monoisotopic (exact) mass is 318 g/mol. The van der Waals surface area contributed by atoms with E-state index in [9.17, 15) is 4.39 Å². The topological polar surface area (TPSA) is 54.5 Å². The minimum absolute atomic E-state index is 0.214. The Morgan fingerprint density at radius 2 is 1.62 bits per heavy atom. The van der Waals surface area contributed by atoms with E-state index in [0.717, 1.165) is 46.4 Å². The van der Waals surface area contributed by atoms with Gasteiger partial charge in [-0.2, -0.15) is 0 Å². The highest BCUT2D eigenvalue weighted by atomic mass is 19.1. The highest BCUT2D eigenvalue weighted by molar-refractivity contribution is 5.81. The molecular formula is C19H15FN4. The molecule has 2 heterocycles. The molecular weight excluding hydrogens is 303 g/mol. The summed E-state index contributed by atoms with van der Waals surface area (Å²) in [6.45, 7) is 0. The number of rotatable bonds is 4. The van der Waals surface area contributed by atoms with Crippen LogP contribution in [0.3, 0.4) is 0 Å². The van der Waals surface area contributed by atoms with E-state index in [-0.39, 0.29) is 5.82 Å². The van der Waals surface area contributed by atoms with Gasteiger partial charge in [-0.3, -0.25) is 0 Å². The standard InChI is InChI=1S/C19H15FN4/c20-16-5-1-13(2-6-16)3-8-19-21-10-15(11-22-19)14-4-7-17-18(9-14)24-12-23-17/h1-2,4-7,9-12H,3,8H2,(H,23,24). The second-order valence-electron chi connectivity index (χ2n) is 5.65. The molecule has 0 atom stereocenters. The van der Waals surface area contributed by atoms with Crippen LogP contribution in [0.5, 0.6) is 0 Å². The Morgan fingerprint density at radius 1 is 0.833 bits per heavy atom. The van der Waals surface area contributed by atoms with E-state index in [1.54, 1.807) is 18.5 Å². The lowest BCUT2D eigenvalue weighted by Gasteiger charge is -2.04. The summed E-state index contributed by atoms with van der Waals surface area (Å²) in [5.74, 6) is 0.569. The molecule has 0 aliphatic carbocycles. The maximum Gasteiger partial charge on any atom is 0.128 e. The van der Waals surface area contributed by atoms with E-state index < -0.39 is 0 Å². The Kier molecular flexibility index (Phi) is 3.75. The van der Waals surface area contributed by atoms with Crippen LogP contribution < -0.4 is 0 Å². The molecule has 1 N–H and O–H groups in total. The average molecular weight is 318 g/mol. The molecule has 0 fully saturated rings. The van der Waals surface area contributed by atoms with Gasteiger partial charge >= 0.3 is 0 Å². The summed E-state index contributed by atoms with van der Waals surface area (Å²) < 4.78 is 12.9. The van der Waals surface area contributed by atoms with Crippen LogP contribution in [0.4, 0.5) is 4.39 Å². The lowest BCUT2D eigenvalue weighted by molar-refractivity contribution is 0.627. The second kappa shape index (κ2) is 6.20. The Balaban J connectivity index is 1.48. The van der Waals surface area contributed by atoms with Gasteiger partial charge in [-0.25, -0.2) is 19.3 Å². The molecule has 4 nitrogen and oxygen atoms in total. The molecule has 5 heteroatoms. The van der Waals surface area contributed by atoms with Crippen LogP contribution in [0.15, 0.2) is 61.2 Å². The third-order valence-electron chi connectivity index (χ3n) is 4.01. The van der Waals surface area contributed by atoms with Gasteiger partial charge in [0.25, 0.3) is 0 Å². The van der Waals surface area contributed by atoms with Gasteiger partial charge in [0, 0.05) is 24.4 Å². The van der Waals surface area contributed by atoms with Gasteiger partial charge in [0.15, 0.2) is 0 Å². The van der Waals surface area contributed by atoms with Crippen LogP contribution >= 0.6 is 0 Å². The summed E-state index contributed by atoms with van der Waals surface area (Å²) in [5.41, 5.74) is 5.03. The van der Waals surface area contributed by atoms with Gasteiger partial charge in [0.05, 0.1) is 17.4 Å². The van der Waals surface area contributed by atoms with Crippen molar-refractivity contribution in [3.63, 3.8) is 0 Å². The van der Waals surface area contributed by atoms with Crippen LogP contribution in [0.25, 0.3) is 22.2 Å². The number of imidazole rings is 1. The highest BCUT2D eigenvalue weighted by Crippen LogP contribution is 2.21. The predicted molar refractivity (Wildman–Crippen MR) is 90.9 cm³/mol. The van der Waals surface area contributed by atoms with Gasteiger partial charge < -0.3 is 4.98 Å². The van der Waals surface area contributed by atoms with Crippen molar-refractivity contribution < 1.29 is 4.39 Å². The lowest BCUT2D eigenvalue weighted by atomic mass is 10.1. The number of nitrogens with one attached hydrogen (secondary N) is 1. The number of benzene rings is 2. The minimum atomic E-state index is -0.214. The zero-order valence-electron chi connectivity index (χ0n) is 12.9. The van der Waals surface area contributed by atoms with Crippen molar-refractivity contribution in [2.45, 2.75) is 12.8 Å². The van der Waals surface area contributed by atoms with E-state index in [0.29, 0.717) is 0 Å². The minimum Gasteiger partial charge on any atom is -0.345 e. The molecule has 2 aromatic carbocycles. The van der Waals surface area contributed by atoms with Crippen molar-refractivity contribution in [3.05, 3.63) is 78.4 Å². The zero-order chi connectivity index (χ0) is 16.4. The molecule has 0 aliphatic heterocycles. The van der Waals surface area contributed by atoms with Crippen LogP contribution in [0.1, 0.15) is 11.4 Å². The molecule has 0 unspecified atom stereocenters. The third-order valence-corrected chi connectivity index (χ3v) is 4.01. The molecule has 0 saturated heterocycles. The SMILES string of the molecule is Fc1ccc(CCc2ncc(-c3ccc4nc[nH]c4c3)cn2)cc1. The van der Waals surface area contributed by atoms with Crippen molar-refractivity contribution in [2.75, 3.05) is 0 Å². The van der Waals surface area contributed by atoms with E-state index in [1.165, 1.54) is 12.1 Å². The summed E-state index contributed by atoms with van der Waals surface area (Å²) in [6.07, 6.45) is 6.88. The number of nitrogens with zero attached hydrogens (tertiary/aromatic N) is 3. The largest absolute Gasteiger partial charge is 0.345 e. The van der Waals surface area contributed by atoms with E-state index in [4.69, 9.17) is 0 Å². The summed E-state index contributed by atoms with van der Waals surface area (Å²) in [6, 6.07) is 12.6. The van der Waals surface area contributed by atoms with Crippen molar-refractivity contribution >= 4 is 11.0 Å². The van der Waals surface area contributed by atoms with E-state index in [2.05, 4.69) is 19.9 Å². The van der Waals surface area contributed by atoms with Crippen molar-refractivity contribution in [1.29, 1.82) is 0 Å². The molecule has 4 rings (SSSR count). The highest BCUT2D eigenvalue weighted by Gasteiger charge is 2.04. The number of hydrogen-bond acceptors (Lipinski definition) is 3. The Hall–Kier alpha value is -3.08. The molecule has 24 heavy (non-hydrogen) atoms. The number of aromatic amines is 1. The fraction of sp³-hybridized carbons (Fsp3) is 0.105. The average Bonchev–Trinajstić information content (AvgIpc) is 3.09. The maximum absolute atomic E-state index is 12.9. The zero-order valence-corrected chi connectivity index (χ0v) is 12.9. The van der Waals surface area contributed by atoms with Gasteiger partial charge in [-0.05, 0) is 41.8 Å². The molecule has 118 valence electrons. The first-order valence-electron chi connectivity index (χ1n) is 7.77. The van der Waals surface area contributed by atoms with Crippen LogP contribution in [-0.4, -0.2) is 19.9 Å². The van der Waals surface area contributed by atoms with Crippen LogP contribution in [-0.2, 0) is 12.8 Å². The van der Waals surface area contributed by atoms with Crippen molar-refractivity contribution in [3.8, 4) is 11.1 Å². The molecule has 0 spiro atoms. The summed E-state index contributed by atoms with van der Waals surface area (Å²) >= 11 is 0. The van der Waals surface area contributed by atoms with Gasteiger partial charge in [-0.1, -0.05) is 18.2 Å². The van der Waals surface area contributed by atoms with Gasteiger partial charge in [0.2, 0.25) is 0 Å². The first kappa shape index (κ1) is 14.5. The number of halogens is 1. The van der Waals surface area contributed by atoms with Crippen LogP contribution in [0.2, 0.25) is 0 Å². The Morgan fingerprint density at radius 3 is 2.42 bits per heavy atom. The molecule has 2 aromatic heterocycles. The Bertz CT molecular complexity index is 959. The fourth-order valence-electron chi connectivity index (χ4n) is 2.66. The molecule has 0 aliphatic rings. The second-order valence-corrected chi connectivity index (χ2v) is 5.65. The first-order valence-corrected chi connectivity index (χ1v) is 7.77. The van der Waals surface area contributed by atoms with Crippen molar-refractivity contribution in [1.82, 2.24) is 19.9 Å². The number of fused-ring (bicyclic) bond motifs is 1. The maximum atomic E-state index is 12.9. The summed E-state index contributed by atoms with van der Waals surface area (Å²) in [4.78, 5) is 16.2. The van der Waals surface area contributed by atoms with Crippen molar-refractivity contribution in [2.24, 2.45) is 0 Å². The van der Waals surface area contributed by atoms with E-state index >= 15 is 0 Å². The fourth-order valence-corrected chi connectivity index (χ4v) is 2.66. The molecule has 0 amide bonds. The molecule has 4 aromatic rings. The third kappa shape index (κ3) is 3.01. The number of aryl methyl sites for hydroxylation is 2. The number of hydrogen-bond donors (Lipinski definition) is 1. The summed E-state index contributed by atoms with van der Waals surface area (Å²) in [5, 5.41) is 0. The molecule has 0 bridgehead atoms. The first-order chi connectivity index (χ1) is 11.8. The molecule has 0 radical (unpaired) electrons. The quantitative estimate of drug-likeness (QED) is 0.620. The van der Waals surface area contributed by atoms with Gasteiger partial charge in [-0.15, -0.1) is 0 Å². The van der Waals surface area contributed by atoms with Crippen LogP contribution in [0, 0.1) is 5.82 Å².